The molecule has 0 aromatic heterocycles. The number of benzene rings is 1. The Morgan fingerprint density at radius 3 is 2.19 bits per heavy atom. The van der Waals surface area contributed by atoms with Gasteiger partial charge in [0.05, 0.1) is 7.11 Å². The second kappa shape index (κ2) is 6.36. The maximum atomic E-state index is 12.6. The number of hydrogen-bond donors (Lipinski definition) is 1. The molecule has 2 rings (SSSR count). The zero-order valence-electron chi connectivity index (χ0n) is 13.3. The van der Waals surface area contributed by atoms with Gasteiger partial charge in [-0.05, 0) is 61.8 Å². The molecule has 21 heavy (non-hydrogen) atoms. The Kier molecular flexibility index (Phi) is 4.94. The Morgan fingerprint density at radius 2 is 1.67 bits per heavy atom. The van der Waals surface area contributed by atoms with Crippen LogP contribution in [0.3, 0.4) is 0 Å². The molecule has 0 spiro atoms. The van der Waals surface area contributed by atoms with E-state index in [1.165, 1.54) is 12.7 Å². The molecule has 0 bridgehead atoms. The number of sulfonamides is 1. The summed E-state index contributed by atoms with van der Waals surface area (Å²) in [7, 11) is -2.03. The molecule has 118 valence electrons. The van der Waals surface area contributed by atoms with Gasteiger partial charge in [0, 0.05) is 6.04 Å². The van der Waals surface area contributed by atoms with Crippen molar-refractivity contribution in [3.8, 4) is 5.75 Å². The van der Waals surface area contributed by atoms with Crippen molar-refractivity contribution in [2.24, 2.45) is 5.92 Å². The summed E-state index contributed by atoms with van der Waals surface area (Å²) in [6.07, 6.45) is 4.23. The normalized spacial score (nSPS) is 16.6. The molecule has 0 unspecified atom stereocenters. The lowest BCUT2D eigenvalue weighted by atomic mass is 9.92. The van der Waals surface area contributed by atoms with Crippen LogP contribution in [0.25, 0.3) is 0 Å². The average molecular weight is 311 g/mol. The summed E-state index contributed by atoms with van der Waals surface area (Å²) in [6.45, 7) is 5.88. The lowest BCUT2D eigenvalue weighted by Crippen LogP contribution is -2.36. The van der Waals surface area contributed by atoms with Crippen LogP contribution >= 0.6 is 0 Å². The number of ether oxygens (including phenoxy) is 1. The van der Waals surface area contributed by atoms with Crippen LogP contribution in [-0.2, 0) is 22.9 Å². The van der Waals surface area contributed by atoms with E-state index in [1.807, 2.05) is 26.8 Å². The predicted octanol–water partition coefficient (Wildman–Crippen LogP) is 2.90. The lowest BCUT2D eigenvalue weighted by molar-refractivity contribution is 0.399. The van der Waals surface area contributed by atoms with E-state index in [4.69, 9.17) is 4.74 Å². The van der Waals surface area contributed by atoms with E-state index < -0.39 is 10.0 Å². The van der Waals surface area contributed by atoms with E-state index in [-0.39, 0.29) is 16.9 Å². The quantitative estimate of drug-likeness (QED) is 0.909. The molecular formula is C16H25NO3S. The van der Waals surface area contributed by atoms with E-state index >= 15 is 0 Å². The van der Waals surface area contributed by atoms with Crippen molar-refractivity contribution in [2.75, 3.05) is 7.11 Å². The summed E-state index contributed by atoms with van der Waals surface area (Å²) in [4.78, 5) is 0.262. The van der Waals surface area contributed by atoms with Gasteiger partial charge in [-0.3, -0.25) is 0 Å². The Hall–Kier alpha value is -1.07. The molecule has 0 fully saturated rings. The fourth-order valence-electron chi connectivity index (χ4n) is 2.55. The molecule has 5 heteroatoms. The molecule has 1 aromatic rings. The van der Waals surface area contributed by atoms with Gasteiger partial charge >= 0.3 is 0 Å². The Morgan fingerprint density at radius 1 is 1.10 bits per heavy atom. The fourth-order valence-corrected chi connectivity index (χ4v) is 4.15. The number of aryl methyl sites for hydroxylation is 2. The highest BCUT2D eigenvalue weighted by molar-refractivity contribution is 7.89. The number of methoxy groups -OCH3 is 1. The molecule has 0 radical (unpaired) electrons. The molecule has 0 saturated carbocycles. The molecule has 0 amide bonds. The molecule has 1 atom stereocenters. The third-order valence-electron chi connectivity index (χ3n) is 4.26. The molecule has 1 aliphatic rings. The van der Waals surface area contributed by atoms with Crippen LogP contribution in [0.2, 0.25) is 0 Å². The highest BCUT2D eigenvalue weighted by Gasteiger charge is 2.25. The molecule has 0 saturated heterocycles. The average Bonchev–Trinajstić information content (AvgIpc) is 2.45. The summed E-state index contributed by atoms with van der Waals surface area (Å²) >= 11 is 0. The Bertz CT molecular complexity index is 608. The molecule has 1 aromatic carbocycles. The van der Waals surface area contributed by atoms with E-state index in [0.29, 0.717) is 5.75 Å². The van der Waals surface area contributed by atoms with Crippen LogP contribution in [0.15, 0.2) is 17.0 Å². The minimum absolute atomic E-state index is 0.115. The van der Waals surface area contributed by atoms with Crippen molar-refractivity contribution < 1.29 is 13.2 Å². The van der Waals surface area contributed by atoms with Gasteiger partial charge in [-0.1, -0.05) is 13.8 Å². The minimum atomic E-state index is -3.56. The summed E-state index contributed by atoms with van der Waals surface area (Å²) in [5.74, 6) is 0.683. The summed E-state index contributed by atoms with van der Waals surface area (Å²) in [5.41, 5.74) is 2.36. The summed E-state index contributed by atoms with van der Waals surface area (Å²) in [5, 5.41) is 0. The third kappa shape index (κ3) is 3.58. The van der Waals surface area contributed by atoms with Gasteiger partial charge in [0.15, 0.2) is 0 Å². The first-order valence-corrected chi connectivity index (χ1v) is 9.05. The molecular weight excluding hydrogens is 286 g/mol. The van der Waals surface area contributed by atoms with Gasteiger partial charge in [-0.25, -0.2) is 13.1 Å². The van der Waals surface area contributed by atoms with Crippen molar-refractivity contribution in [1.29, 1.82) is 0 Å². The second-order valence-electron chi connectivity index (χ2n) is 6.13. The zero-order chi connectivity index (χ0) is 15.6. The first-order valence-electron chi connectivity index (χ1n) is 7.57. The maximum absolute atomic E-state index is 12.6. The van der Waals surface area contributed by atoms with Crippen LogP contribution < -0.4 is 9.46 Å². The van der Waals surface area contributed by atoms with E-state index in [2.05, 4.69) is 4.72 Å². The van der Waals surface area contributed by atoms with Crippen LogP contribution in [0, 0.1) is 5.92 Å². The van der Waals surface area contributed by atoms with Crippen molar-refractivity contribution in [3.05, 3.63) is 23.3 Å². The maximum Gasteiger partial charge on any atom is 0.244 e. The summed E-state index contributed by atoms with van der Waals surface area (Å²) < 4.78 is 33.3. The van der Waals surface area contributed by atoms with Gasteiger partial charge in [-0.15, -0.1) is 0 Å². The smallest absolute Gasteiger partial charge is 0.244 e. The minimum Gasteiger partial charge on any atom is -0.495 e. The van der Waals surface area contributed by atoms with Crippen molar-refractivity contribution in [2.45, 2.75) is 57.4 Å². The van der Waals surface area contributed by atoms with Crippen LogP contribution in [0.1, 0.15) is 44.7 Å². The monoisotopic (exact) mass is 311 g/mol. The third-order valence-corrected chi connectivity index (χ3v) is 5.84. The van der Waals surface area contributed by atoms with Gasteiger partial charge < -0.3 is 4.74 Å². The molecule has 0 heterocycles. The standard InChI is InChI=1S/C16H25NO3S/c1-11(2)12(3)17-21(18,19)16-10-14-8-6-5-7-13(14)9-15(16)20-4/h9-12,17H,5-8H2,1-4H3/t12-/m1/s1. The molecule has 0 aliphatic heterocycles. The first-order chi connectivity index (χ1) is 9.85. The number of rotatable bonds is 5. The SMILES string of the molecule is COc1cc2c(cc1S(=O)(=O)N[C@H](C)C(C)C)CCCC2. The molecule has 1 N–H and O–H groups in total. The largest absolute Gasteiger partial charge is 0.495 e. The van der Waals surface area contributed by atoms with Crippen molar-refractivity contribution in [3.63, 3.8) is 0 Å². The topological polar surface area (TPSA) is 55.4 Å². The number of hydrogen-bond acceptors (Lipinski definition) is 3. The first kappa shape index (κ1) is 16.3. The van der Waals surface area contributed by atoms with E-state index in [1.54, 1.807) is 6.07 Å². The fraction of sp³-hybridized carbons (Fsp3) is 0.625. The van der Waals surface area contributed by atoms with E-state index in [9.17, 15) is 8.42 Å². The predicted molar refractivity (Wildman–Crippen MR) is 84.3 cm³/mol. The highest BCUT2D eigenvalue weighted by Crippen LogP contribution is 2.32. The molecule has 1 aliphatic carbocycles. The number of fused-ring (bicyclic) bond motifs is 1. The van der Waals surface area contributed by atoms with Crippen molar-refractivity contribution >= 4 is 10.0 Å². The van der Waals surface area contributed by atoms with Gasteiger partial charge in [-0.2, -0.15) is 0 Å². The molecule has 4 nitrogen and oxygen atoms in total. The number of nitrogens with one attached hydrogen (secondary N) is 1. The summed E-state index contributed by atoms with van der Waals surface area (Å²) in [6, 6.07) is 3.57. The zero-order valence-corrected chi connectivity index (χ0v) is 14.1. The highest BCUT2D eigenvalue weighted by atomic mass is 32.2. The van der Waals surface area contributed by atoms with Crippen LogP contribution in [-0.4, -0.2) is 21.6 Å². The van der Waals surface area contributed by atoms with E-state index in [0.717, 1.165) is 31.2 Å². The van der Waals surface area contributed by atoms with Crippen LogP contribution in [0.5, 0.6) is 5.75 Å². The second-order valence-corrected chi connectivity index (χ2v) is 7.82. The van der Waals surface area contributed by atoms with Crippen molar-refractivity contribution in [1.82, 2.24) is 4.72 Å². The van der Waals surface area contributed by atoms with Gasteiger partial charge in [0.2, 0.25) is 10.0 Å². The lowest BCUT2D eigenvalue weighted by Gasteiger charge is -2.22. The Balaban J connectivity index is 2.42. The van der Waals surface area contributed by atoms with Gasteiger partial charge in [0.1, 0.15) is 10.6 Å². The Labute approximate surface area is 127 Å². The van der Waals surface area contributed by atoms with Crippen LogP contribution in [0.4, 0.5) is 0 Å². The van der Waals surface area contributed by atoms with Gasteiger partial charge in [0.25, 0.3) is 0 Å².